The van der Waals surface area contributed by atoms with E-state index in [9.17, 15) is 0 Å². The standard InChI is InChI=1S/C41H53N5O3Si.2CH4.2ClH/c1-32(34-7-17-42-18-8-34)27-39(37-13-23-45(3)24-14-37)29-41(36-11-21-44-22-12-36)30-40(28-33(2)35-9-19-43-20-10-35)38-15-25-46(26-16-38)31-50(47-4,48-5)49-6;;;;/h7-26,32-33,39-41H,27-31H2,1-6H3;2*1H4;2*1H/q+2;;;;/p-2. The molecule has 0 radical (unpaired) electrons. The molecule has 0 saturated heterocycles. The molecular formula is C43H61Cl2N5O3Si. The number of hydrogen-bond acceptors (Lipinski definition) is 6. The molecule has 5 aromatic rings. The van der Waals surface area contributed by atoms with Crippen LogP contribution >= 0.6 is 0 Å². The fourth-order valence-corrected chi connectivity index (χ4v) is 8.78. The van der Waals surface area contributed by atoms with Gasteiger partial charge in [-0.1, -0.05) is 28.7 Å². The highest BCUT2D eigenvalue weighted by Crippen LogP contribution is 2.43. The molecule has 0 N–H and O–H groups in total. The first-order chi connectivity index (χ1) is 24.3. The third kappa shape index (κ3) is 13.3. The van der Waals surface area contributed by atoms with E-state index in [-0.39, 0.29) is 39.7 Å². The Morgan fingerprint density at radius 2 is 0.815 bits per heavy atom. The van der Waals surface area contributed by atoms with Gasteiger partial charge in [-0.3, -0.25) is 15.0 Å². The summed E-state index contributed by atoms with van der Waals surface area (Å²) < 4.78 is 21.4. The second-order valence-electron chi connectivity index (χ2n) is 13.6. The summed E-state index contributed by atoms with van der Waals surface area (Å²) in [5.74, 6) is 1.75. The van der Waals surface area contributed by atoms with Crippen molar-refractivity contribution in [3.63, 3.8) is 0 Å². The normalized spacial score (nSPS) is 13.7. The Morgan fingerprint density at radius 3 is 1.19 bits per heavy atom. The van der Waals surface area contributed by atoms with Crippen molar-refractivity contribution < 1.29 is 47.2 Å². The highest BCUT2D eigenvalue weighted by atomic mass is 35.5. The minimum Gasteiger partial charge on any atom is -1.00 e. The van der Waals surface area contributed by atoms with E-state index in [0.29, 0.717) is 35.8 Å². The fourth-order valence-electron chi connectivity index (χ4n) is 7.24. The molecule has 0 spiro atoms. The van der Waals surface area contributed by atoms with Gasteiger partial charge in [0.2, 0.25) is 6.17 Å². The third-order valence-electron chi connectivity index (χ3n) is 10.3. The average molecular weight is 795 g/mol. The summed E-state index contributed by atoms with van der Waals surface area (Å²) in [6, 6.07) is 22.2. The molecule has 8 nitrogen and oxygen atoms in total. The molecule has 0 fully saturated rings. The van der Waals surface area contributed by atoms with Crippen molar-refractivity contribution in [1.82, 2.24) is 15.0 Å². The number of aromatic nitrogens is 5. The number of pyridine rings is 5. The summed E-state index contributed by atoms with van der Waals surface area (Å²) in [5, 5.41) is 0. The molecule has 0 aromatic carbocycles. The van der Waals surface area contributed by atoms with Gasteiger partial charge in [-0.15, -0.1) is 0 Å². The lowest BCUT2D eigenvalue weighted by Crippen LogP contribution is -3.00. The summed E-state index contributed by atoms with van der Waals surface area (Å²) in [4.78, 5) is 13.0. The fraction of sp³-hybridized carbons (Fsp3) is 0.419. The molecule has 0 aliphatic heterocycles. The first-order valence-electron chi connectivity index (χ1n) is 17.6. The van der Waals surface area contributed by atoms with E-state index in [1.807, 2.05) is 37.2 Å². The number of halogens is 2. The minimum atomic E-state index is -2.79. The lowest BCUT2D eigenvalue weighted by Gasteiger charge is -2.30. The van der Waals surface area contributed by atoms with Gasteiger partial charge in [-0.05, 0) is 119 Å². The van der Waals surface area contributed by atoms with Crippen LogP contribution in [0.1, 0.15) is 112 Å². The van der Waals surface area contributed by atoms with Gasteiger partial charge in [0, 0.05) is 82.8 Å². The Labute approximate surface area is 338 Å². The molecule has 0 saturated carbocycles. The van der Waals surface area contributed by atoms with Crippen molar-refractivity contribution in [3.05, 3.63) is 150 Å². The van der Waals surface area contributed by atoms with Crippen LogP contribution in [0.25, 0.3) is 0 Å². The summed E-state index contributed by atoms with van der Waals surface area (Å²) >= 11 is 0. The predicted molar refractivity (Wildman–Crippen MR) is 211 cm³/mol. The largest absolute Gasteiger partial charge is 1.00 e. The van der Waals surface area contributed by atoms with Gasteiger partial charge >= 0.3 is 8.80 Å². The van der Waals surface area contributed by atoms with Gasteiger partial charge in [-0.2, -0.15) is 0 Å². The van der Waals surface area contributed by atoms with Crippen LogP contribution in [-0.2, 0) is 26.5 Å². The molecule has 5 heterocycles. The van der Waals surface area contributed by atoms with Gasteiger partial charge in [0.1, 0.15) is 7.05 Å². The lowest BCUT2D eigenvalue weighted by molar-refractivity contribution is -0.685. The zero-order valence-electron chi connectivity index (χ0n) is 31.2. The average Bonchev–Trinajstić information content (AvgIpc) is 3.17. The molecule has 5 atom stereocenters. The molecule has 54 heavy (non-hydrogen) atoms. The maximum Gasteiger partial charge on any atom is 0.569 e. The number of hydrogen-bond donors (Lipinski definition) is 0. The molecule has 5 aromatic heterocycles. The Bertz CT molecular complexity index is 1700. The summed E-state index contributed by atoms with van der Waals surface area (Å²) in [7, 11) is 4.26. The molecule has 0 aliphatic carbocycles. The van der Waals surface area contributed by atoms with Gasteiger partial charge in [0.15, 0.2) is 24.8 Å². The third-order valence-corrected chi connectivity index (χ3v) is 12.9. The Hall–Kier alpha value is -3.57. The zero-order valence-corrected chi connectivity index (χ0v) is 33.7. The molecule has 0 amide bonds. The van der Waals surface area contributed by atoms with Crippen molar-refractivity contribution in [2.45, 2.75) is 90.1 Å². The van der Waals surface area contributed by atoms with E-state index in [1.54, 1.807) is 21.3 Å². The van der Waals surface area contributed by atoms with Crippen molar-refractivity contribution in [3.8, 4) is 0 Å². The molecular weight excluding hydrogens is 733 g/mol. The quantitative estimate of drug-likeness (QED) is 0.100. The number of rotatable bonds is 18. The van der Waals surface area contributed by atoms with Crippen LogP contribution in [-0.4, -0.2) is 45.1 Å². The van der Waals surface area contributed by atoms with Crippen LogP contribution in [0.2, 0.25) is 0 Å². The molecule has 5 rings (SSSR count). The van der Waals surface area contributed by atoms with E-state index < -0.39 is 8.80 Å². The Kier molecular flexibility index (Phi) is 21.6. The van der Waals surface area contributed by atoms with E-state index in [2.05, 4.69) is 130 Å². The Morgan fingerprint density at radius 1 is 0.500 bits per heavy atom. The topological polar surface area (TPSA) is 74.1 Å². The van der Waals surface area contributed by atoms with Gasteiger partial charge < -0.3 is 38.1 Å². The van der Waals surface area contributed by atoms with Crippen LogP contribution in [0.3, 0.4) is 0 Å². The SMILES string of the molecule is C.C.CO[Si](C[n+]1ccc(C(CC(C)c2ccncc2)CC(CC(CC(C)c2ccncc2)c2cc[n+](C)cc2)c2ccncc2)cc1)(OC)OC.[Cl-].[Cl-]. The molecule has 0 bridgehead atoms. The predicted octanol–water partition coefficient (Wildman–Crippen LogP) is 2.50. The van der Waals surface area contributed by atoms with E-state index in [0.717, 1.165) is 25.7 Å². The Balaban J connectivity index is 0.00000364. The molecule has 0 aliphatic rings. The van der Waals surface area contributed by atoms with Crippen molar-refractivity contribution in [2.75, 3.05) is 21.3 Å². The second-order valence-corrected chi connectivity index (χ2v) is 16.5. The maximum absolute atomic E-state index is 5.72. The van der Waals surface area contributed by atoms with Crippen molar-refractivity contribution in [2.24, 2.45) is 7.05 Å². The smallest absolute Gasteiger partial charge is 0.569 e. The highest BCUT2D eigenvalue weighted by molar-refractivity contribution is 6.58. The monoisotopic (exact) mass is 793 g/mol. The van der Waals surface area contributed by atoms with Crippen molar-refractivity contribution >= 4 is 8.80 Å². The zero-order chi connectivity index (χ0) is 35.3. The van der Waals surface area contributed by atoms with Crippen LogP contribution in [0.5, 0.6) is 0 Å². The van der Waals surface area contributed by atoms with Crippen LogP contribution in [0, 0.1) is 0 Å². The number of aryl methyl sites for hydroxylation is 1. The van der Waals surface area contributed by atoms with Gasteiger partial charge in [0.05, 0.1) is 0 Å². The first-order valence-corrected chi connectivity index (χ1v) is 19.6. The van der Waals surface area contributed by atoms with Crippen LogP contribution < -0.4 is 33.9 Å². The molecule has 5 unspecified atom stereocenters. The first kappa shape index (κ1) is 48.4. The minimum absolute atomic E-state index is 0. The highest BCUT2D eigenvalue weighted by Gasteiger charge is 2.43. The van der Waals surface area contributed by atoms with E-state index in [1.165, 1.54) is 27.8 Å². The lowest BCUT2D eigenvalue weighted by atomic mass is 9.74. The van der Waals surface area contributed by atoms with Gasteiger partial charge in [0.25, 0.3) is 0 Å². The van der Waals surface area contributed by atoms with E-state index >= 15 is 0 Å². The molecule has 11 heteroatoms. The van der Waals surface area contributed by atoms with Crippen LogP contribution in [0.4, 0.5) is 0 Å². The summed E-state index contributed by atoms with van der Waals surface area (Å²) in [6.45, 7) is 4.69. The summed E-state index contributed by atoms with van der Waals surface area (Å²) in [5.41, 5.74) is 6.69. The summed E-state index contributed by atoms with van der Waals surface area (Å²) in [6.07, 6.45) is 24.8. The van der Waals surface area contributed by atoms with E-state index in [4.69, 9.17) is 13.3 Å². The number of nitrogens with zero attached hydrogens (tertiary/aromatic N) is 5. The van der Waals surface area contributed by atoms with Crippen LogP contribution in [0.15, 0.2) is 123 Å². The van der Waals surface area contributed by atoms with Crippen molar-refractivity contribution in [1.29, 1.82) is 0 Å². The second kappa shape index (κ2) is 24.0. The maximum atomic E-state index is 5.72. The van der Waals surface area contributed by atoms with Gasteiger partial charge in [-0.25, -0.2) is 9.13 Å². The molecule has 294 valence electrons.